The molecule has 0 radical (unpaired) electrons. The SMILES string of the molecule is COc1ccccc1-c1ccncc1C(=O)Nc1nnc(OCc2ccc(Cl)cc2)s1. The molecule has 31 heavy (non-hydrogen) atoms. The van der Waals surface area contributed by atoms with Crippen LogP contribution in [-0.2, 0) is 6.61 Å². The summed E-state index contributed by atoms with van der Waals surface area (Å²) in [5.41, 5.74) is 2.84. The van der Waals surface area contributed by atoms with Gasteiger partial charge in [0.25, 0.3) is 11.1 Å². The summed E-state index contributed by atoms with van der Waals surface area (Å²) in [5.74, 6) is 0.311. The van der Waals surface area contributed by atoms with E-state index in [9.17, 15) is 4.79 Å². The topological polar surface area (TPSA) is 86.2 Å². The normalized spacial score (nSPS) is 10.5. The standard InChI is InChI=1S/C22H17ClN4O3S/c1-29-19-5-3-2-4-17(19)16-10-11-24-12-18(16)20(28)25-21-26-27-22(31-21)30-13-14-6-8-15(23)9-7-14/h2-12H,13H2,1H3,(H,25,26,28). The number of hydrogen-bond donors (Lipinski definition) is 1. The molecular weight excluding hydrogens is 436 g/mol. The lowest BCUT2D eigenvalue weighted by molar-refractivity contribution is 0.102. The van der Waals surface area contributed by atoms with E-state index in [-0.39, 0.29) is 5.91 Å². The van der Waals surface area contributed by atoms with Gasteiger partial charge in [-0.05, 0) is 41.2 Å². The predicted octanol–water partition coefficient (Wildman–Crippen LogP) is 5.09. The molecule has 0 aliphatic heterocycles. The summed E-state index contributed by atoms with van der Waals surface area (Å²) >= 11 is 7.03. The minimum Gasteiger partial charge on any atom is -0.496 e. The van der Waals surface area contributed by atoms with Gasteiger partial charge < -0.3 is 9.47 Å². The lowest BCUT2D eigenvalue weighted by Gasteiger charge is -2.11. The minimum atomic E-state index is -0.352. The molecule has 4 rings (SSSR count). The van der Waals surface area contributed by atoms with E-state index in [1.165, 1.54) is 6.20 Å². The molecule has 2 heterocycles. The van der Waals surface area contributed by atoms with Crippen LogP contribution in [0.25, 0.3) is 11.1 Å². The van der Waals surface area contributed by atoms with Gasteiger partial charge in [-0.1, -0.05) is 47.0 Å². The van der Waals surface area contributed by atoms with Crippen molar-refractivity contribution < 1.29 is 14.3 Å². The van der Waals surface area contributed by atoms with Crippen LogP contribution in [0.5, 0.6) is 10.9 Å². The number of pyridine rings is 1. The van der Waals surface area contributed by atoms with Crippen LogP contribution in [0.1, 0.15) is 15.9 Å². The van der Waals surface area contributed by atoms with E-state index in [4.69, 9.17) is 21.1 Å². The first-order chi connectivity index (χ1) is 15.1. The van der Waals surface area contributed by atoms with Crippen LogP contribution in [-0.4, -0.2) is 28.2 Å². The molecule has 0 aliphatic rings. The molecule has 0 spiro atoms. The van der Waals surface area contributed by atoms with Gasteiger partial charge in [0.2, 0.25) is 5.13 Å². The first kappa shape index (κ1) is 20.8. The first-order valence-corrected chi connectivity index (χ1v) is 10.4. The van der Waals surface area contributed by atoms with Gasteiger partial charge in [-0.25, -0.2) is 0 Å². The summed E-state index contributed by atoms with van der Waals surface area (Å²) in [6.45, 7) is 0.320. The fourth-order valence-corrected chi connectivity index (χ4v) is 3.60. The number of anilines is 1. The molecule has 2 aromatic carbocycles. The third kappa shape index (κ3) is 4.99. The highest BCUT2D eigenvalue weighted by molar-refractivity contribution is 7.17. The van der Waals surface area contributed by atoms with Crippen molar-refractivity contribution in [1.29, 1.82) is 0 Å². The monoisotopic (exact) mass is 452 g/mol. The summed E-state index contributed by atoms with van der Waals surface area (Å²) in [6, 6.07) is 16.6. The highest BCUT2D eigenvalue weighted by Gasteiger charge is 2.17. The van der Waals surface area contributed by atoms with Crippen molar-refractivity contribution in [2.45, 2.75) is 6.61 Å². The minimum absolute atomic E-state index is 0.320. The molecule has 0 saturated heterocycles. The molecule has 1 N–H and O–H groups in total. The number of hydrogen-bond acceptors (Lipinski definition) is 7. The van der Waals surface area contributed by atoms with Crippen molar-refractivity contribution in [2.75, 3.05) is 12.4 Å². The number of para-hydroxylation sites is 1. The fourth-order valence-electron chi connectivity index (χ4n) is 2.89. The van der Waals surface area contributed by atoms with Crippen molar-refractivity contribution in [3.8, 4) is 22.1 Å². The number of rotatable bonds is 7. The van der Waals surface area contributed by atoms with Crippen LogP contribution >= 0.6 is 22.9 Å². The lowest BCUT2D eigenvalue weighted by atomic mass is 10.0. The maximum absolute atomic E-state index is 12.9. The molecule has 7 nitrogen and oxygen atoms in total. The second-order valence-corrected chi connectivity index (χ2v) is 7.74. The Balaban J connectivity index is 1.48. The number of aromatic nitrogens is 3. The molecule has 2 aromatic heterocycles. The Bertz CT molecular complexity index is 1200. The van der Waals surface area contributed by atoms with E-state index in [1.54, 1.807) is 31.5 Å². The van der Waals surface area contributed by atoms with Gasteiger partial charge in [-0.15, -0.1) is 5.10 Å². The van der Waals surface area contributed by atoms with Crippen molar-refractivity contribution in [2.24, 2.45) is 0 Å². The largest absolute Gasteiger partial charge is 0.496 e. The summed E-state index contributed by atoms with van der Waals surface area (Å²) in [4.78, 5) is 17.0. The molecule has 0 fully saturated rings. The van der Waals surface area contributed by atoms with Crippen molar-refractivity contribution in [3.05, 3.63) is 83.1 Å². The molecular formula is C22H17ClN4O3S. The van der Waals surface area contributed by atoms with E-state index in [0.717, 1.165) is 22.5 Å². The van der Waals surface area contributed by atoms with Gasteiger partial charge in [0.05, 0.1) is 12.7 Å². The number of carbonyl (C=O) groups excluding carboxylic acids is 1. The van der Waals surface area contributed by atoms with Gasteiger partial charge in [0.1, 0.15) is 12.4 Å². The van der Waals surface area contributed by atoms with E-state index >= 15 is 0 Å². The summed E-state index contributed by atoms with van der Waals surface area (Å²) in [7, 11) is 1.59. The molecule has 0 saturated carbocycles. The van der Waals surface area contributed by atoms with E-state index in [2.05, 4.69) is 20.5 Å². The van der Waals surface area contributed by atoms with Crippen molar-refractivity contribution >= 4 is 34.0 Å². The number of ether oxygens (including phenoxy) is 2. The maximum Gasteiger partial charge on any atom is 0.296 e. The van der Waals surface area contributed by atoms with Gasteiger partial charge in [-0.3, -0.25) is 15.1 Å². The molecule has 156 valence electrons. The number of methoxy groups -OCH3 is 1. The molecule has 0 aliphatic carbocycles. The number of benzene rings is 2. The lowest BCUT2D eigenvalue weighted by Crippen LogP contribution is -2.13. The summed E-state index contributed by atoms with van der Waals surface area (Å²) < 4.78 is 11.1. The quantitative estimate of drug-likeness (QED) is 0.420. The molecule has 0 unspecified atom stereocenters. The van der Waals surface area contributed by atoms with E-state index in [1.807, 2.05) is 36.4 Å². The van der Waals surface area contributed by atoms with Crippen molar-refractivity contribution in [1.82, 2.24) is 15.2 Å². The Morgan fingerprint density at radius 1 is 1.06 bits per heavy atom. The maximum atomic E-state index is 12.9. The van der Waals surface area contributed by atoms with E-state index < -0.39 is 0 Å². The Hall–Kier alpha value is -3.49. The number of carbonyl (C=O) groups is 1. The molecule has 0 atom stereocenters. The van der Waals surface area contributed by atoms with Gasteiger partial charge in [-0.2, -0.15) is 0 Å². The zero-order chi connectivity index (χ0) is 21.6. The molecule has 9 heteroatoms. The van der Waals surface area contributed by atoms with Gasteiger partial charge >= 0.3 is 0 Å². The van der Waals surface area contributed by atoms with Crippen LogP contribution in [0.3, 0.4) is 0 Å². The average Bonchev–Trinajstić information content (AvgIpc) is 3.26. The highest BCUT2D eigenvalue weighted by Crippen LogP contribution is 2.32. The Kier molecular flexibility index (Phi) is 6.40. The molecule has 0 bridgehead atoms. The number of amides is 1. The van der Waals surface area contributed by atoms with Crippen LogP contribution in [0.2, 0.25) is 5.02 Å². The first-order valence-electron chi connectivity index (χ1n) is 9.23. The highest BCUT2D eigenvalue weighted by atomic mass is 35.5. The number of nitrogens with one attached hydrogen (secondary N) is 1. The van der Waals surface area contributed by atoms with Gasteiger partial charge in [0.15, 0.2) is 0 Å². The van der Waals surface area contributed by atoms with E-state index in [0.29, 0.717) is 38.8 Å². The predicted molar refractivity (Wildman–Crippen MR) is 120 cm³/mol. The fraction of sp³-hybridized carbons (Fsp3) is 0.0909. The second kappa shape index (κ2) is 9.55. The Morgan fingerprint density at radius 3 is 2.68 bits per heavy atom. The van der Waals surface area contributed by atoms with Crippen LogP contribution in [0, 0.1) is 0 Å². The zero-order valence-electron chi connectivity index (χ0n) is 16.4. The summed E-state index contributed by atoms with van der Waals surface area (Å²) in [6.07, 6.45) is 3.14. The Labute approximate surface area is 187 Å². The third-order valence-electron chi connectivity index (χ3n) is 4.37. The number of halogens is 1. The van der Waals surface area contributed by atoms with Crippen molar-refractivity contribution in [3.63, 3.8) is 0 Å². The molecule has 4 aromatic rings. The van der Waals surface area contributed by atoms with Crippen LogP contribution in [0.15, 0.2) is 67.0 Å². The second-order valence-electron chi connectivity index (χ2n) is 6.36. The van der Waals surface area contributed by atoms with Gasteiger partial charge in [0, 0.05) is 28.5 Å². The van der Waals surface area contributed by atoms with Crippen LogP contribution < -0.4 is 14.8 Å². The smallest absolute Gasteiger partial charge is 0.296 e. The average molecular weight is 453 g/mol. The third-order valence-corrected chi connectivity index (χ3v) is 5.37. The Morgan fingerprint density at radius 2 is 1.87 bits per heavy atom. The zero-order valence-corrected chi connectivity index (χ0v) is 18.0. The number of nitrogens with zero attached hydrogens (tertiary/aromatic N) is 3. The molecule has 1 amide bonds. The summed E-state index contributed by atoms with van der Waals surface area (Å²) in [5, 5.41) is 12.1. The van der Waals surface area contributed by atoms with Crippen LogP contribution in [0.4, 0.5) is 5.13 Å².